The van der Waals surface area contributed by atoms with Crippen molar-refractivity contribution in [3.05, 3.63) is 30.0 Å². The summed E-state index contributed by atoms with van der Waals surface area (Å²) in [6, 6.07) is 2.33. The lowest BCUT2D eigenvalue weighted by Gasteiger charge is -2.03. The van der Waals surface area contributed by atoms with Crippen molar-refractivity contribution in [1.82, 2.24) is 14.3 Å². The van der Waals surface area contributed by atoms with Crippen molar-refractivity contribution < 1.29 is 12.8 Å². The van der Waals surface area contributed by atoms with Crippen molar-refractivity contribution in [2.75, 3.05) is 4.72 Å². The fraction of sp³-hybridized carbons (Fsp3) is 0.125. The highest BCUT2D eigenvalue weighted by Gasteiger charge is 2.21. The number of pyridine rings is 1. The molecule has 0 saturated heterocycles. The summed E-state index contributed by atoms with van der Waals surface area (Å²) in [6.07, 6.45) is 1.20. The summed E-state index contributed by atoms with van der Waals surface area (Å²) in [5.74, 6) is -0.476. The molecule has 90 valence electrons. The van der Waals surface area contributed by atoms with Gasteiger partial charge in [0.1, 0.15) is 5.82 Å². The van der Waals surface area contributed by atoms with Crippen molar-refractivity contribution >= 4 is 26.7 Å². The number of anilines is 1. The summed E-state index contributed by atoms with van der Waals surface area (Å²) in [4.78, 5) is 7.30. The normalized spacial score (nSPS) is 11.4. The molecule has 17 heavy (non-hydrogen) atoms. The molecule has 2 aromatic heterocycles. The van der Waals surface area contributed by atoms with Crippen molar-refractivity contribution in [2.24, 2.45) is 0 Å². The molecule has 0 bridgehead atoms. The molecule has 6 nitrogen and oxygen atoms in total. The van der Waals surface area contributed by atoms with Crippen LogP contribution in [0.15, 0.2) is 23.4 Å². The number of hydrogen-bond acceptors (Lipinski definition) is 6. The molecule has 0 aliphatic heterocycles. The van der Waals surface area contributed by atoms with Gasteiger partial charge in [-0.15, -0.1) is 0 Å². The number of nitrogens with zero attached hydrogens (tertiary/aromatic N) is 3. The van der Waals surface area contributed by atoms with Gasteiger partial charge in [-0.3, -0.25) is 4.72 Å². The molecule has 0 aromatic carbocycles. The maximum Gasteiger partial charge on any atom is 0.284 e. The van der Waals surface area contributed by atoms with Gasteiger partial charge in [-0.2, -0.15) is 12.8 Å². The van der Waals surface area contributed by atoms with Gasteiger partial charge >= 0.3 is 0 Å². The summed E-state index contributed by atoms with van der Waals surface area (Å²) >= 11 is 0.875. The van der Waals surface area contributed by atoms with Crippen LogP contribution >= 0.6 is 11.5 Å². The number of aryl methyl sites for hydroxylation is 1. The van der Waals surface area contributed by atoms with Gasteiger partial charge in [-0.25, -0.2) is 14.4 Å². The summed E-state index contributed by atoms with van der Waals surface area (Å²) in [7, 11) is -4.06. The first kappa shape index (κ1) is 11.9. The average molecular weight is 274 g/mol. The van der Waals surface area contributed by atoms with Crippen LogP contribution in [-0.2, 0) is 10.0 Å². The van der Waals surface area contributed by atoms with Crippen LogP contribution in [0.1, 0.15) is 5.82 Å². The zero-order valence-electron chi connectivity index (χ0n) is 8.58. The Hall–Kier alpha value is -1.61. The van der Waals surface area contributed by atoms with E-state index in [-0.39, 0.29) is 5.13 Å². The van der Waals surface area contributed by atoms with Crippen LogP contribution in [0.3, 0.4) is 0 Å². The van der Waals surface area contributed by atoms with Crippen molar-refractivity contribution in [3.63, 3.8) is 0 Å². The number of rotatable bonds is 3. The maximum absolute atomic E-state index is 13.3. The Balaban J connectivity index is 2.35. The first-order chi connectivity index (χ1) is 7.99. The molecule has 0 aliphatic carbocycles. The summed E-state index contributed by atoms with van der Waals surface area (Å²) in [5.41, 5.74) is 0. The molecule has 0 radical (unpaired) electrons. The van der Waals surface area contributed by atoms with Crippen molar-refractivity contribution in [2.45, 2.75) is 11.9 Å². The van der Waals surface area contributed by atoms with Crippen LogP contribution in [0.4, 0.5) is 9.52 Å². The lowest BCUT2D eigenvalue weighted by atomic mass is 10.5. The largest absolute Gasteiger partial charge is 0.284 e. The van der Waals surface area contributed by atoms with Gasteiger partial charge in [0.05, 0.1) is 0 Å². The predicted octanol–water partition coefficient (Wildman–Crippen LogP) is 1.18. The molecule has 0 amide bonds. The Morgan fingerprint density at radius 1 is 1.47 bits per heavy atom. The Kier molecular flexibility index (Phi) is 3.03. The van der Waals surface area contributed by atoms with Crippen molar-refractivity contribution in [1.29, 1.82) is 0 Å². The van der Waals surface area contributed by atoms with Crippen molar-refractivity contribution in [3.8, 4) is 0 Å². The quantitative estimate of drug-likeness (QED) is 0.908. The molecule has 0 aliphatic rings. The molecule has 9 heteroatoms. The van der Waals surface area contributed by atoms with E-state index in [2.05, 4.69) is 19.1 Å². The molecule has 2 heterocycles. The standard InChI is InChI=1S/C8H7FN4O2S2/c1-5-11-8(16-12-5)13-17(14,15)7-6(9)3-2-4-10-7/h2-4H,1H3,(H,11,12,13). The van der Waals surface area contributed by atoms with Gasteiger partial charge in [-0.1, -0.05) is 0 Å². The van der Waals surface area contributed by atoms with Gasteiger partial charge in [0.2, 0.25) is 10.2 Å². The molecular formula is C8H7FN4O2S2. The molecule has 2 aromatic rings. The first-order valence-electron chi connectivity index (χ1n) is 4.43. The second-order valence-electron chi connectivity index (χ2n) is 3.04. The Labute approximate surface area is 101 Å². The maximum atomic E-state index is 13.3. The monoisotopic (exact) mass is 274 g/mol. The topological polar surface area (TPSA) is 84.8 Å². The van der Waals surface area contributed by atoms with E-state index in [0.29, 0.717) is 5.82 Å². The van der Waals surface area contributed by atoms with Crippen LogP contribution in [0.5, 0.6) is 0 Å². The highest BCUT2D eigenvalue weighted by Crippen LogP contribution is 2.17. The van der Waals surface area contributed by atoms with Gasteiger partial charge in [0.15, 0.2) is 5.82 Å². The predicted molar refractivity (Wildman–Crippen MR) is 59.6 cm³/mol. The van der Waals surface area contributed by atoms with Crippen LogP contribution in [0.25, 0.3) is 0 Å². The van der Waals surface area contributed by atoms with Crippen LogP contribution in [0.2, 0.25) is 0 Å². The third kappa shape index (κ3) is 2.56. The van der Waals surface area contributed by atoms with E-state index in [1.807, 2.05) is 0 Å². The minimum atomic E-state index is -4.06. The second-order valence-corrected chi connectivity index (χ2v) is 5.39. The van der Waals surface area contributed by atoms with Crippen LogP contribution < -0.4 is 4.72 Å². The van der Waals surface area contributed by atoms with Crippen LogP contribution in [-0.4, -0.2) is 22.8 Å². The zero-order chi connectivity index (χ0) is 12.5. The SMILES string of the molecule is Cc1nsc(NS(=O)(=O)c2ncccc2F)n1. The van der Waals surface area contributed by atoms with Gasteiger partial charge < -0.3 is 0 Å². The van der Waals surface area contributed by atoms with Gasteiger partial charge in [0, 0.05) is 17.7 Å². The number of halogens is 1. The average Bonchev–Trinajstić information content (AvgIpc) is 2.63. The summed E-state index contributed by atoms with van der Waals surface area (Å²) < 4.78 is 42.7. The minimum Gasteiger partial charge on any atom is -0.252 e. The third-order valence-electron chi connectivity index (χ3n) is 1.73. The lowest BCUT2D eigenvalue weighted by molar-refractivity contribution is 0.557. The third-order valence-corrected chi connectivity index (χ3v) is 3.85. The van der Waals surface area contributed by atoms with E-state index in [0.717, 1.165) is 17.6 Å². The molecule has 1 N–H and O–H groups in total. The van der Waals surface area contributed by atoms with Gasteiger partial charge in [-0.05, 0) is 19.1 Å². The molecule has 0 atom stereocenters. The van der Waals surface area contributed by atoms with E-state index in [9.17, 15) is 12.8 Å². The zero-order valence-corrected chi connectivity index (χ0v) is 10.2. The first-order valence-corrected chi connectivity index (χ1v) is 6.68. The molecule has 0 spiro atoms. The van der Waals surface area contributed by atoms with E-state index >= 15 is 0 Å². The Bertz CT molecular complexity index is 640. The highest BCUT2D eigenvalue weighted by atomic mass is 32.2. The van der Waals surface area contributed by atoms with E-state index < -0.39 is 20.9 Å². The van der Waals surface area contributed by atoms with Crippen LogP contribution in [0, 0.1) is 12.7 Å². The Morgan fingerprint density at radius 3 is 2.82 bits per heavy atom. The van der Waals surface area contributed by atoms with Gasteiger partial charge in [0.25, 0.3) is 10.0 Å². The fourth-order valence-corrected chi connectivity index (χ4v) is 2.88. The Morgan fingerprint density at radius 2 is 2.24 bits per heavy atom. The molecular weight excluding hydrogens is 267 g/mol. The number of hydrogen-bond donors (Lipinski definition) is 1. The molecule has 0 unspecified atom stereocenters. The lowest BCUT2D eigenvalue weighted by Crippen LogP contribution is -2.16. The molecule has 0 fully saturated rings. The second kappa shape index (κ2) is 4.34. The fourth-order valence-electron chi connectivity index (χ4n) is 1.07. The molecule has 2 rings (SSSR count). The molecule has 0 saturated carbocycles. The van der Waals surface area contributed by atoms with E-state index in [1.54, 1.807) is 6.92 Å². The van der Waals surface area contributed by atoms with E-state index in [1.165, 1.54) is 12.3 Å². The summed E-state index contributed by atoms with van der Waals surface area (Å²) in [5, 5.41) is -0.583. The highest BCUT2D eigenvalue weighted by molar-refractivity contribution is 7.92. The number of nitrogens with one attached hydrogen (secondary N) is 1. The number of aromatic nitrogens is 3. The summed E-state index contributed by atoms with van der Waals surface area (Å²) in [6.45, 7) is 1.62. The number of sulfonamides is 1. The van der Waals surface area contributed by atoms with E-state index in [4.69, 9.17) is 0 Å². The smallest absolute Gasteiger partial charge is 0.252 e. The minimum absolute atomic E-state index is 0.0764.